The first-order valence-corrected chi connectivity index (χ1v) is 7.57. The van der Waals surface area contributed by atoms with Gasteiger partial charge in [0.15, 0.2) is 0 Å². The molecule has 1 atom stereocenters. The number of benzene rings is 2. The van der Waals surface area contributed by atoms with E-state index in [1.807, 2.05) is 42.5 Å². The summed E-state index contributed by atoms with van der Waals surface area (Å²) in [4.78, 5) is 0. The summed E-state index contributed by atoms with van der Waals surface area (Å²) >= 11 is 0. The minimum Gasteiger partial charge on any atom is -0.375 e. The number of hydrogen-bond acceptors (Lipinski definition) is 2. The molecule has 0 saturated carbocycles. The van der Waals surface area contributed by atoms with Crippen LogP contribution in [0.5, 0.6) is 0 Å². The van der Waals surface area contributed by atoms with Gasteiger partial charge >= 0.3 is 0 Å². The van der Waals surface area contributed by atoms with Gasteiger partial charge in [0, 0.05) is 20.2 Å². The van der Waals surface area contributed by atoms with Gasteiger partial charge in [0.2, 0.25) is 0 Å². The van der Waals surface area contributed by atoms with E-state index >= 15 is 0 Å². The van der Waals surface area contributed by atoms with E-state index in [2.05, 4.69) is 17.4 Å². The normalized spacial score (nSPS) is 13.1. The van der Waals surface area contributed by atoms with Gasteiger partial charge in [-0.05, 0) is 36.6 Å². The third-order valence-electron chi connectivity index (χ3n) is 3.73. The molecule has 2 rings (SSSR count). The van der Waals surface area contributed by atoms with Crippen molar-refractivity contribution in [3.8, 4) is 0 Å². The average Bonchev–Trinajstić information content (AvgIpc) is 2.52. The number of halogens is 1. The molecule has 22 heavy (non-hydrogen) atoms. The van der Waals surface area contributed by atoms with Crippen LogP contribution in [0.3, 0.4) is 0 Å². The van der Waals surface area contributed by atoms with E-state index in [-0.39, 0.29) is 6.10 Å². The van der Waals surface area contributed by atoms with Crippen molar-refractivity contribution in [2.45, 2.75) is 32.2 Å². The predicted molar refractivity (Wildman–Crippen MR) is 88.5 cm³/mol. The number of alkyl halides is 1. The van der Waals surface area contributed by atoms with Crippen molar-refractivity contribution in [1.29, 1.82) is 0 Å². The molecule has 0 heterocycles. The molecule has 0 bridgehead atoms. The first kappa shape index (κ1) is 16.7. The molecule has 0 spiro atoms. The molecule has 3 heteroatoms. The van der Waals surface area contributed by atoms with Crippen molar-refractivity contribution < 1.29 is 9.13 Å². The summed E-state index contributed by atoms with van der Waals surface area (Å²) < 4.78 is 19.6. The Balaban J connectivity index is 1.99. The molecule has 1 N–H and O–H groups in total. The van der Waals surface area contributed by atoms with Gasteiger partial charge in [-0.15, -0.1) is 0 Å². The van der Waals surface area contributed by atoms with Crippen LogP contribution in [0.2, 0.25) is 0 Å². The Morgan fingerprint density at radius 2 is 1.82 bits per heavy atom. The summed E-state index contributed by atoms with van der Waals surface area (Å²) in [6.45, 7) is 4.61. The highest BCUT2D eigenvalue weighted by Gasteiger charge is 2.20. The van der Waals surface area contributed by atoms with Crippen molar-refractivity contribution in [3.05, 3.63) is 71.3 Å². The van der Waals surface area contributed by atoms with Gasteiger partial charge in [-0.2, -0.15) is 0 Å². The molecule has 0 fully saturated rings. The van der Waals surface area contributed by atoms with Crippen molar-refractivity contribution >= 4 is 0 Å². The number of ether oxygens (including phenoxy) is 1. The van der Waals surface area contributed by atoms with Crippen LogP contribution in [0, 0.1) is 0 Å². The van der Waals surface area contributed by atoms with E-state index in [0.717, 1.165) is 12.1 Å². The van der Waals surface area contributed by atoms with Gasteiger partial charge < -0.3 is 10.1 Å². The molecule has 0 radical (unpaired) electrons. The van der Waals surface area contributed by atoms with E-state index in [9.17, 15) is 4.39 Å². The minimum absolute atomic E-state index is 0.0917. The summed E-state index contributed by atoms with van der Waals surface area (Å²) in [5.41, 5.74) is 1.56. The quantitative estimate of drug-likeness (QED) is 0.820. The minimum atomic E-state index is -1.34. The Morgan fingerprint density at radius 3 is 2.45 bits per heavy atom. The fourth-order valence-electron chi connectivity index (χ4n) is 2.39. The first-order chi connectivity index (χ1) is 10.5. The smallest absolute Gasteiger partial charge is 0.130 e. The number of hydrogen-bond donors (Lipinski definition) is 1. The van der Waals surface area contributed by atoms with Gasteiger partial charge in [0.25, 0.3) is 0 Å². The highest BCUT2D eigenvalue weighted by atomic mass is 19.1. The Bertz CT molecular complexity index is 577. The fourth-order valence-corrected chi connectivity index (χ4v) is 2.39. The Labute approximate surface area is 132 Å². The standard InChI is InChI=1S/C19H24FNO/c1-19(2,20)17-11-7-10-16(12-17)18(22-3)14-21-13-15-8-5-4-6-9-15/h4-12,18,21H,13-14H2,1-3H3. The zero-order chi connectivity index (χ0) is 16.0. The molecule has 0 aliphatic rings. The summed E-state index contributed by atoms with van der Waals surface area (Å²) in [6.07, 6.45) is -0.0917. The predicted octanol–water partition coefficient (Wildman–Crippen LogP) is 4.37. The van der Waals surface area contributed by atoms with Crippen molar-refractivity contribution in [1.82, 2.24) is 5.32 Å². The maximum Gasteiger partial charge on any atom is 0.130 e. The van der Waals surface area contributed by atoms with E-state index in [0.29, 0.717) is 12.1 Å². The highest BCUT2D eigenvalue weighted by Crippen LogP contribution is 2.27. The summed E-state index contributed by atoms with van der Waals surface area (Å²) in [6, 6.07) is 17.8. The van der Waals surface area contributed by atoms with E-state index in [1.54, 1.807) is 21.0 Å². The van der Waals surface area contributed by atoms with Crippen LogP contribution < -0.4 is 5.32 Å². The molecule has 118 valence electrons. The highest BCUT2D eigenvalue weighted by molar-refractivity contribution is 5.29. The lowest BCUT2D eigenvalue weighted by Gasteiger charge is -2.20. The molecular weight excluding hydrogens is 277 g/mol. The zero-order valence-electron chi connectivity index (χ0n) is 13.5. The first-order valence-electron chi connectivity index (χ1n) is 7.57. The lowest BCUT2D eigenvalue weighted by Crippen LogP contribution is -2.22. The van der Waals surface area contributed by atoms with E-state index in [1.165, 1.54) is 5.56 Å². The summed E-state index contributed by atoms with van der Waals surface area (Å²) in [7, 11) is 1.68. The van der Waals surface area contributed by atoms with Crippen LogP contribution in [0.15, 0.2) is 54.6 Å². The summed E-state index contributed by atoms with van der Waals surface area (Å²) in [5.74, 6) is 0. The monoisotopic (exact) mass is 301 g/mol. The second-order valence-electron chi connectivity index (χ2n) is 5.94. The van der Waals surface area contributed by atoms with Crippen molar-refractivity contribution in [2.24, 2.45) is 0 Å². The number of rotatable bonds is 7. The number of methoxy groups -OCH3 is 1. The lowest BCUT2D eigenvalue weighted by molar-refractivity contribution is 0.102. The molecule has 0 aromatic heterocycles. The van der Waals surface area contributed by atoms with Gasteiger partial charge in [0.1, 0.15) is 5.67 Å². The lowest BCUT2D eigenvalue weighted by atomic mass is 9.96. The van der Waals surface area contributed by atoms with Gasteiger partial charge in [-0.1, -0.05) is 48.5 Å². The summed E-state index contributed by atoms with van der Waals surface area (Å²) in [5, 5.41) is 3.39. The fraction of sp³-hybridized carbons (Fsp3) is 0.368. The van der Waals surface area contributed by atoms with Crippen LogP contribution in [-0.2, 0) is 17.0 Å². The maximum absolute atomic E-state index is 14.1. The van der Waals surface area contributed by atoms with Gasteiger partial charge in [-0.25, -0.2) is 4.39 Å². The molecule has 0 aliphatic heterocycles. The molecule has 2 nitrogen and oxygen atoms in total. The molecule has 0 aliphatic carbocycles. The van der Waals surface area contributed by atoms with Crippen LogP contribution in [0.4, 0.5) is 4.39 Å². The molecule has 0 amide bonds. The SMILES string of the molecule is COC(CNCc1ccccc1)c1cccc(C(C)(C)F)c1. The number of nitrogens with one attached hydrogen (secondary N) is 1. The topological polar surface area (TPSA) is 21.3 Å². The molecule has 0 saturated heterocycles. The average molecular weight is 301 g/mol. The van der Waals surface area contributed by atoms with E-state index in [4.69, 9.17) is 4.74 Å². The van der Waals surface area contributed by atoms with Crippen molar-refractivity contribution in [3.63, 3.8) is 0 Å². The van der Waals surface area contributed by atoms with E-state index < -0.39 is 5.67 Å². The second kappa shape index (κ2) is 7.52. The Hall–Kier alpha value is -1.71. The van der Waals surface area contributed by atoms with Crippen LogP contribution in [0.25, 0.3) is 0 Å². The van der Waals surface area contributed by atoms with Gasteiger partial charge in [0.05, 0.1) is 6.10 Å². The third kappa shape index (κ3) is 4.65. The second-order valence-corrected chi connectivity index (χ2v) is 5.94. The van der Waals surface area contributed by atoms with Crippen LogP contribution in [-0.4, -0.2) is 13.7 Å². The largest absolute Gasteiger partial charge is 0.375 e. The molecule has 2 aromatic rings. The van der Waals surface area contributed by atoms with Crippen molar-refractivity contribution in [2.75, 3.05) is 13.7 Å². The van der Waals surface area contributed by atoms with Crippen LogP contribution in [0.1, 0.15) is 36.6 Å². The maximum atomic E-state index is 14.1. The molecule has 2 aromatic carbocycles. The van der Waals surface area contributed by atoms with Gasteiger partial charge in [-0.3, -0.25) is 0 Å². The zero-order valence-corrected chi connectivity index (χ0v) is 13.5. The van der Waals surface area contributed by atoms with Crippen LogP contribution >= 0.6 is 0 Å². The molecular formula is C19H24FNO. The Kier molecular flexibility index (Phi) is 5.69. The Morgan fingerprint density at radius 1 is 1.09 bits per heavy atom. The molecule has 1 unspecified atom stereocenters. The third-order valence-corrected chi connectivity index (χ3v) is 3.73.